The average molecular weight is 322 g/mol. The van der Waals surface area contributed by atoms with Gasteiger partial charge in [-0.05, 0) is 31.9 Å². The molecule has 7 heteroatoms. The number of benzene rings is 1. The van der Waals surface area contributed by atoms with Crippen LogP contribution in [-0.4, -0.2) is 21.4 Å². The number of aromatic nitrogens is 2. The van der Waals surface area contributed by atoms with Crippen LogP contribution in [-0.2, 0) is 4.79 Å². The van der Waals surface area contributed by atoms with E-state index in [0.717, 1.165) is 15.6 Å². The zero-order valence-electron chi connectivity index (χ0n) is 12.2. The summed E-state index contributed by atoms with van der Waals surface area (Å²) in [4.78, 5) is 12.4. The second-order valence-electron chi connectivity index (χ2n) is 4.73. The zero-order chi connectivity index (χ0) is 15.4. The van der Waals surface area contributed by atoms with Crippen LogP contribution < -0.4 is 11.1 Å². The van der Waals surface area contributed by atoms with Gasteiger partial charge in [0.15, 0.2) is 4.34 Å². The lowest BCUT2D eigenvalue weighted by Crippen LogP contribution is -2.24. The number of nitrogens with one attached hydrogen (secondary N) is 1. The van der Waals surface area contributed by atoms with Gasteiger partial charge in [-0.2, -0.15) is 0 Å². The standard InChI is InChI=1S/C14H18N4OS2/c1-4-11(20-14-18-17-13(15)21-14)12(19)16-10-6-5-8(2)7-9(10)3/h5-7,11H,4H2,1-3H3,(H2,15,17)(H,16,19). The van der Waals surface area contributed by atoms with E-state index in [4.69, 9.17) is 5.73 Å². The molecule has 0 saturated heterocycles. The first kappa shape index (κ1) is 15.8. The maximum atomic E-state index is 12.4. The van der Waals surface area contributed by atoms with Crippen molar-refractivity contribution in [3.05, 3.63) is 29.3 Å². The molecule has 0 bridgehead atoms. The van der Waals surface area contributed by atoms with Gasteiger partial charge >= 0.3 is 0 Å². The van der Waals surface area contributed by atoms with Crippen molar-refractivity contribution >= 4 is 39.8 Å². The number of carbonyl (C=O) groups excluding carboxylic acids is 1. The highest BCUT2D eigenvalue weighted by Gasteiger charge is 2.20. The third-order valence-corrected chi connectivity index (χ3v) is 5.17. The van der Waals surface area contributed by atoms with Gasteiger partial charge in [0.25, 0.3) is 0 Å². The predicted molar refractivity (Wildman–Crippen MR) is 88.8 cm³/mol. The molecule has 0 aliphatic rings. The van der Waals surface area contributed by atoms with Crippen LogP contribution >= 0.6 is 23.1 Å². The summed E-state index contributed by atoms with van der Waals surface area (Å²) < 4.78 is 0.718. The number of anilines is 2. The van der Waals surface area contributed by atoms with E-state index >= 15 is 0 Å². The number of nitrogens with two attached hydrogens (primary N) is 1. The minimum Gasteiger partial charge on any atom is -0.374 e. The van der Waals surface area contributed by atoms with Gasteiger partial charge in [0.2, 0.25) is 11.0 Å². The van der Waals surface area contributed by atoms with Gasteiger partial charge in [0.05, 0.1) is 5.25 Å². The Balaban J connectivity index is 2.06. The Kier molecular flexibility index (Phi) is 5.19. The molecule has 0 aliphatic heterocycles. The smallest absolute Gasteiger partial charge is 0.237 e. The van der Waals surface area contributed by atoms with Gasteiger partial charge in [-0.3, -0.25) is 4.79 Å². The Hall–Kier alpha value is -1.60. The van der Waals surface area contributed by atoms with Gasteiger partial charge in [-0.15, -0.1) is 10.2 Å². The highest BCUT2D eigenvalue weighted by molar-refractivity contribution is 8.02. The van der Waals surface area contributed by atoms with Crippen LogP contribution in [0.2, 0.25) is 0 Å². The van der Waals surface area contributed by atoms with Crippen molar-refractivity contribution in [3.8, 4) is 0 Å². The molecule has 112 valence electrons. The van der Waals surface area contributed by atoms with E-state index in [-0.39, 0.29) is 11.2 Å². The molecule has 0 radical (unpaired) electrons. The van der Waals surface area contributed by atoms with Crippen molar-refractivity contribution in [1.29, 1.82) is 0 Å². The molecule has 21 heavy (non-hydrogen) atoms. The number of thioether (sulfide) groups is 1. The second kappa shape index (κ2) is 6.91. The normalized spacial score (nSPS) is 12.1. The number of nitrogens with zero attached hydrogens (tertiary/aromatic N) is 2. The summed E-state index contributed by atoms with van der Waals surface area (Å²) >= 11 is 2.70. The largest absolute Gasteiger partial charge is 0.374 e. The maximum Gasteiger partial charge on any atom is 0.237 e. The van der Waals surface area contributed by atoms with Crippen LogP contribution in [0.15, 0.2) is 22.5 Å². The first-order chi connectivity index (χ1) is 9.99. The van der Waals surface area contributed by atoms with Gasteiger partial charge < -0.3 is 11.1 Å². The molecule has 1 heterocycles. The summed E-state index contributed by atoms with van der Waals surface area (Å²) in [5.74, 6) is -0.0248. The topological polar surface area (TPSA) is 80.9 Å². The van der Waals surface area contributed by atoms with E-state index < -0.39 is 0 Å². The summed E-state index contributed by atoms with van der Waals surface area (Å²) in [6.45, 7) is 5.99. The molecule has 0 saturated carbocycles. The van der Waals surface area contributed by atoms with E-state index in [0.29, 0.717) is 11.6 Å². The Morgan fingerprint density at radius 2 is 2.19 bits per heavy atom. The highest BCUT2D eigenvalue weighted by Crippen LogP contribution is 2.30. The van der Waals surface area contributed by atoms with E-state index in [2.05, 4.69) is 21.6 Å². The summed E-state index contributed by atoms with van der Waals surface area (Å²) in [5, 5.41) is 10.9. The molecule has 1 atom stereocenters. The molecule has 0 spiro atoms. The van der Waals surface area contributed by atoms with Gasteiger partial charge in [0.1, 0.15) is 0 Å². The van der Waals surface area contributed by atoms with E-state index in [1.54, 1.807) is 0 Å². The number of hydrogen-bond donors (Lipinski definition) is 2. The van der Waals surface area contributed by atoms with Crippen molar-refractivity contribution in [2.45, 2.75) is 36.8 Å². The van der Waals surface area contributed by atoms with Crippen LogP contribution in [0.25, 0.3) is 0 Å². The van der Waals surface area contributed by atoms with Crippen LogP contribution in [0.4, 0.5) is 10.8 Å². The maximum absolute atomic E-state index is 12.4. The highest BCUT2D eigenvalue weighted by atomic mass is 32.2. The lowest BCUT2D eigenvalue weighted by atomic mass is 10.1. The minimum absolute atomic E-state index is 0.0248. The fraction of sp³-hybridized carbons (Fsp3) is 0.357. The summed E-state index contributed by atoms with van der Waals surface area (Å²) in [5.41, 5.74) is 8.64. The molecule has 3 N–H and O–H groups in total. The van der Waals surface area contributed by atoms with E-state index in [1.165, 1.54) is 28.7 Å². The monoisotopic (exact) mass is 322 g/mol. The summed E-state index contributed by atoms with van der Waals surface area (Å²) in [6, 6.07) is 5.97. The van der Waals surface area contributed by atoms with Crippen LogP contribution in [0, 0.1) is 13.8 Å². The molecule has 1 amide bonds. The minimum atomic E-state index is -0.210. The molecule has 2 aromatic rings. The first-order valence-corrected chi connectivity index (χ1v) is 8.33. The Morgan fingerprint density at radius 3 is 2.76 bits per heavy atom. The zero-order valence-corrected chi connectivity index (χ0v) is 13.8. The molecule has 0 fully saturated rings. The number of carbonyl (C=O) groups is 1. The molecule has 1 aromatic carbocycles. The van der Waals surface area contributed by atoms with Crippen molar-refractivity contribution in [1.82, 2.24) is 10.2 Å². The fourth-order valence-electron chi connectivity index (χ4n) is 1.88. The summed E-state index contributed by atoms with van der Waals surface area (Å²) in [6.07, 6.45) is 0.709. The lowest BCUT2D eigenvalue weighted by Gasteiger charge is -2.14. The second-order valence-corrected chi connectivity index (χ2v) is 7.19. The summed E-state index contributed by atoms with van der Waals surface area (Å²) in [7, 11) is 0. The number of aryl methyl sites for hydroxylation is 2. The van der Waals surface area contributed by atoms with Crippen molar-refractivity contribution in [3.63, 3.8) is 0 Å². The fourth-order valence-corrected chi connectivity index (χ4v) is 3.68. The van der Waals surface area contributed by atoms with Gasteiger partial charge in [-0.1, -0.05) is 47.7 Å². The van der Waals surface area contributed by atoms with Crippen LogP contribution in [0.1, 0.15) is 24.5 Å². The molecular formula is C14H18N4OS2. The molecule has 1 unspecified atom stereocenters. The Bertz CT molecular complexity index is 642. The predicted octanol–water partition coefficient (Wildman–Crippen LogP) is 3.25. The van der Waals surface area contributed by atoms with Crippen molar-refractivity contribution in [2.75, 3.05) is 11.1 Å². The quantitative estimate of drug-likeness (QED) is 0.826. The van der Waals surface area contributed by atoms with Crippen LogP contribution in [0.3, 0.4) is 0 Å². The SMILES string of the molecule is CCC(Sc1nnc(N)s1)C(=O)Nc1ccc(C)cc1C. The van der Waals surface area contributed by atoms with Crippen molar-refractivity contribution in [2.24, 2.45) is 0 Å². The Labute approximate surface area is 132 Å². The number of amides is 1. The molecule has 1 aromatic heterocycles. The third kappa shape index (κ3) is 4.18. The average Bonchev–Trinajstić information content (AvgIpc) is 2.84. The van der Waals surface area contributed by atoms with Gasteiger partial charge in [-0.25, -0.2) is 0 Å². The lowest BCUT2D eigenvalue weighted by molar-refractivity contribution is -0.115. The number of rotatable bonds is 5. The number of nitrogen functional groups attached to an aromatic ring is 1. The van der Waals surface area contributed by atoms with Crippen LogP contribution in [0.5, 0.6) is 0 Å². The molecule has 0 aliphatic carbocycles. The van der Waals surface area contributed by atoms with E-state index in [9.17, 15) is 4.79 Å². The van der Waals surface area contributed by atoms with E-state index in [1.807, 2.05) is 32.9 Å². The first-order valence-electron chi connectivity index (χ1n) is 6.63. The van der Waals surface area contributed by atoms with Crippen molar-refractivity contribution < 1.29 is 4.79 Å². The number of hydrogen-bond acceptors (Lipinski definition) is 6. The molecular weight excluding hydrogens is 304 g/mol. The third-order valence-electron chi connectivity index (χ3n) is 2.97. The molecule has 2 rings (SSSR count). The Morgan fingerprint density at radius 1 is 1.43 bits per heavy atom. The molecule has 5 nitrogen and oxygen atoms in total. The van der Waals surface area contributed by atoms with Gasteiger partial charge in [0, 0.05) is 5.69 Å².